The summed E-state index contributed by atoms with van der Waals surface area (Å²) < 4.78 is 4.09. The first-order chi connectivity index (χ1) is 28.9. The maximum absolute atomic E-state index is 10.3. The van der Waals surface area contributed by atoms with Crippen LogP contribution in [0.4, 0.5) is 0 Å². The molecule has 0 aliphatic carbocycles. The van der Waals surface area contributed by atoms with Gasteiger partial charge in [-0.1, -0.05) is 48.5 Å². The molecule has 0 unspecified atom stereocenters. The molecule has 10 rings (SSSR count). The molecule has 2 aromatic carbocycles. The number of fused-ring (bicyclic) bond motifs is 6. The SMILES string of the molecule is CC(C)(O)c1ccc(-c2nc(-c3cccnc3C#N)n3c2cnc2[nH]ccc23)cc1.CC(C)(O)c1ccc(-c2nc(-c3cccnc3CN)n3c2cnc2[nH]ccc23)cc1. The number of aliphatic hydroxyl groups is 2. The number of aromatic nitrogens is 10. The fourth-order valence-corrected chi connectivity index (χ4v) is 7.45. The van der Waals surface area contributed by atoms with Crippen molar-refractivity contribution in [2.24, 2.45) is 5.73 Å². The van der Waals surface area contributed by atoms with Crippen LogP contribution in [0, 0.1) is 11.3 Å². The van der Waals surface area contributed by atoms with Gasteiger partial charge in [0.15, 0.2) is 17.0 Å². The highest BCUT2D eigenvalue weighted by Crippen LogP contribution is 2.35. The van der Waals surface area contributed by atoms with E-state index in [1.54, 1.807) is 52.4 Å². The van der Waals surface area contributed by atoms with Gasteiger partial charge in [-0.05, 0) is 75.2 Å². The average molecular weight is 793 g/mol. The zero-order chi connectivity index (χ0) is 41.8. The molecule has 14 nitrogen and oxygen atoms in total. The smallest absolute Gasteiger partial charge is 0.154 e. The van der Waals surface area contributed by atoms with Crippen molar-refractivity contribution in [3.05, 3.63) is 145 Å². The summed E-state index contributed by atoms with van der Waals surface area (Å²) in [4.78, 5) is 33.9. The molecule has 0 aliphatic rings. The van der Waals surface area contributed by atoms with Crippen molar-refractivity contribution in [3.63, 3.8) is 0 Å². The predicted octanol–water partition coefficient (Wildman–Crippen LogP) is 7.66. The Labute approximate surface area is 343 Å². The zero-order valence-electron chi connectivity index (χ0n) is 33.3. The maximum atomic E-state index is 10.3. The number of hydrogen-bond donors (Lipinski definition) is 5. The third-order valence-corrected chi connectivity index (χ3v) is 10.6. The number of rotatable bonds is 7. The van der Waals surface area contributed by atoms with Gasteiger partial charge in [-0.25, -0.2) is 24.9 Å². The first kappa shape index (κ1) is 38.0. The Bertz CT molecular complexity index is 3230. The van der Waals surface area contributed by atoms with Gasteiger partial charge in [-0.15, -0.1) is 0 Å². The average Bonchev–Trinajstić information content (AvgIpc) is 4.08. The van der Waals surface area contributed by atoms with E-state index in [-0.39, 0.29) is 0 Å². The highest BCUT2D eigenvalue weighted by molar-refractivity contribution is 5.89. The Morgan fingerprint density at radius 2 is 1.08 bits per heavy atom. The lowest BCUT2D eigenvalue weighted by atomic mass is 9.97. The number of nitrogens with two attached hydrogens (primary N) is 1. The van der Waals surface area contributed by atoms with Crippen molar-refractivity contribution in [1.82, 2.24) is 48.7 Å². The number of aromatic amines is 2. The van der Waals surface area contributed by atoms with Crippen LogP contribution in [0.15, 0.2) is 122 Å². The van der Waals surface area contributed by atoms with Gasteiger partial charge in [-0.2, -0.15) is 5.26 Å². The fraction of sp³-hybridized carbons (Fsp3) is 0.152. The summed E-state index contributed by atoms with van der Waals surface area (Å²) in [6, 6.07) is 29.1. The van der Waals surface area contributed by atoms with Crippen LogP contribution in [0.25, 0.3) is 78.7 Å². The number of nitrogens with zero attached hydrogens (tertiary/aromatic N) is 9. The summed E-state index contributed by atoms with van der Waals surface area (Å²) in [5, 5.41) is 30.1. The minimum atomic E-state index is -0.920. The molecule has 0 amide bonds. The Kier molecular flexibility index (Phi) is 9.28. The van der Waals surface area contributed by atoms with Crippen LogP contribution in [0.5, 0.6) is 0 Å². The molecule has 0 fully saturated rings. The Hall–Kier alpha value is -7.57. The topological polar surface area (TPSA) is 208 Å². The Morgan fingerprint density at radius 3 is 1.55 bits per heavy atom. The molecule has 0 bridgehead atoms. The van der Waals surface area contributed by atoms with Gasteiger partial charge < -0.3 is 25.9 Å². The van der Waals surface area contributed by atoms with Crippen molar-refractivity contribution < 1.29 is 10.2 Å². The highest BCUT2D eigenvalue weighted by atomic mass is 16.3. The summed E-state index contributed by atoms with van der Waals surface area (Å²) in [5.41, 5.74) is 16.9. The fourth-order valence-electron chi connectivity index (χ4n) is 7.45. The number of imidazole rings is 2. The van der Waals surface area contributed by atoms with Crippen LogP contribution < -0.4 is 5.73 Å². The van der Waals surface area contributed by atoms with Crippen molar-refractivity contribution in [2.75, 3.05) is 0 Å². The van der Waals surface area contributed by atoms with Crippen molar-refractivity contribution >= 4 is 33.4 Å². The van der Waals surface area contributed by atoms with Crippen LogP contribution in [0.1, 0.15) is 50.2 Å². The number of benzene rings is 2. The standard InChI is InChI=1S/C23H22N6O.C23H18N6O/c2*1-23(2,30)15-7-5-14(6-8-15)20-19-13-27-21-18(9-11-26-21)29(19)22(28-20)16-4-3-10-25-17(16)12-24/h3-11,13,26,30H,12,24H2,1-2H3;3-11,13,26,30H,1-2H3. The molecule has 0 aliphatic heterocycles. The number of H-pyrrole nitrogens is 2. The number of hydrogen-bond acceptors (Lipinski definition) is 10. The summed E-state index contributed by atoms with van der Waals surface area (Å²) in [6.07, 6.45) is 10.6. The molecule has 0 saturated carbocycles. The van der Waals surface area contributed by atoms with E-state index in [1.807, 2.05) is 102 Å². The lowest BCUT2D eigenvalue weighted by Gasteiger charge is -2.17. The second-order valence-electron chi connectivity index (χ2n) is 15.4. The molecular formula is C46H40N12O2. The molecule has 0 saturated heterocycles. The number of nitriles is 1. The van der Waals surface area contributed by atoms with E-state index in [1.165, 1.54) is 0 Å². The number of nitrogens with one attached hydrogen (secondary N) is 2. The molecule has 0 atom stereocenters. The first-order valence-corrected chi connectivity index (χ1v) is 19.3. The Morgan fingerprint density at radius 1 is 0.617 bits per heavy atom. The zero-order valence-corrected chi connectivity index (χ0v) is 33.3. The van der Waals surface area contributed by atoms with Crippen molar-refractivity contribution in [3.8, 4) is 51.4 Å². The van der Waals surface area contributed by atoms with Gasteiger partial charge >= 0.3 is 0 Å². The summed E-state index contributed by atoms with van der Waals surface area (Å²) in [7, 11) is 0. The van der Waals surface area contributed by atoms with Gasteiger partial charge in [0.2, 0.25) is 0 Å². The molecule has 10 aromatic rings. The van der Waals surface area contributed by atoms with Crippen LogP contribution in [-0.4, -0.2) is 58.9 Å². The third kappa shape index (κ3) is 6.62. The van der Waals surface area contributed by atoms with Crippen LogP contribution in [0.3, 0.4) is 0 Å². The molecule has 296 valence electrons. The van der Waals surface area contributed by atoms with E-state index in [2.05, 4.69) is 40.4 Å². The second kappa shape index (κ2) is 14.7. The minimum Gasteiger partial charge on any atom is -0.386 e. The highest BCUT2D eigenvalue weighted by Gasteiger charge is 2.23. The minimum absolute atomic E-state index is 0.314. The molecule has 0 radical (unpaired) electrons. The molecule has 6 N–H and O–H groups in total. The van der Waals surface area contributed by atoms with E-state index in [0.29, 0.717) is 23.6 Å². The van der Waals surface area contributed by atoms with Gasteiger partial charge in [0.05, 0.1) is 68.3 Å². The van der Waals surface area contributed by atoms with E-state index in [9.17, 15) is 15.5 Å². The molecule has 0 spiro atoms. The van der Waals surface area contributed by atoms with Gasteiger partial charge in [-0.3, -0.25) is 13.8 Å². The van der Waals surface area contributed by atoms with Gasteiger partial charge in [0.25, 0.3) is 0 Å². The largest absolute Gasteiger partial charge is 0.386 e. The molecule has 8 heterocycles. The second-order valence-corrected chi connectivity index (χ2v) is 15.4. The summed E-state index contributed by atoms with van der Waals surface area (Å²) in [6.45, 7) is 7.38. The monoisotopic (exact) mass is 792 g/mol. The van der Waals surface area contributed by atoms with Crippen molar-refractivity contribution in [1.29, 1.82) is 5.26 Å². The third-order valence-electron chi connectivity index (χ3n) is 10.6. The van der Waals surface area contributed by atoms with E-state index < -0.39 is 11.2 Å². The van der Waals surface area contributed by atoms with E-state index >= 15 is 0 Å². The van der Waals surface area contributed by atoms with Crippen LogP contribution in [0.2, 0.25) is 0 Å². The molecule has 60 heavy (non-hydrogen) atoms. The molecule has 14 heteroatoms. The summed E-state index contributed by atoms with van der Waals surface area (Å²) >= 11 is 0. The van der Waals surface area contributed by atoms with Crippen molar-refractivity contribution in [2.45, 2.75) is 45.4 Å². The lowest BCUT2D eigenvalue weighted by molar-refractivity contribution is 0.0780. The van der Waals surface area contributed by atoms with E-state index in [0.717, 1.165) is 84.1 Å². The van der Waals surface area contributed by atoms with E-state index in [4.69, 9.17) is 15.7 Å². The molecule has 8 aromatic heterocycles. The van der Waals surface area contributed by atoms with Gasteiger partial charge in [0, 0.05) is 48.0 Å². The van der Waals surface area contributed by atoms with Gasteiger partial charge in [0.1, 0.15) is 17.7 Å². The normalized spacial score (nSPS) is 12.0. The lowest BCUT2D eigenvalue weighted by Crippen LogP contribution is -2.14. The first-order valence-electron chi connectivity index (χ1n) is 19.3. The quantitative estimate of drug-likeness (QED) is 0.106. The summed E-state index contributed by atoms with van der Waals surface area (Å²) in [5.74, 6) is 1.40. The Balaban J connectivity index is 0.000000154. The predicted molar refractivity (Wildman–Crippen MR) is 230 cm³/mol. The van der Waals surface area contributed by atoms with Crippen LogP contribution in [-0.2, 0) is 17.7 Å². The van der Waals surface area contributed by atoms with Crippen LogP contribution >= 0.6 is 0 Å². The maximum Gasteiger partial charge on any atom is 0.154 e. The molecular weight excluding hydrogens is 753 g/mol. The number of pyridine rings is 2.